The van der Waals surface area contributed by atoms with E-state index in [1.807, 2.05) is 13.8 Å². The first-order chi connectivity index (χ1) is 8.86. The van der Waals surface area contributed by atoms with Crippen LogP contribution in [0, 0.1) is 18.8 Å². The van der Waals surface area contributed by atoms with Gasteiger partial charge in [-0.15, -0.1) is 0 Å². The minimum absolute atomic E-state index is 0.134. The molecule has 104 valence electrons. The maximum atomic E-state index is 12.0. The average Bonchev–Trinajstić information content (AvgIpc) is 2.31. The van der Waals surface area contributed by atoms with Crippen LogP contribution in [0.2, 0.25) is 0 Å². The predicted octanol–water partition coefficient (Wildman–Crippen LogP) is 1.86. The molecule has 0 aliphatic heterocycles. The number of carbonyl (C=O) groups excluding carboxylic acids is 1. The smallest absolute Gasteiger partial charge is 0.336 e. The number of rotatable bonds is 5. The van der Waals surface area contributed by atoms with Crippen LogP contribution in [0.5, 0.6) is 0 Å². The first kappa shape index (κ1) is 15.2. The van der Waals surface area contributed by atoms with Crippen LogP contribution in [0.1, 0.15) is 29.8 Å². The summed E-state index contributed by atoms with van der Waals surface area (Å²) in [6.45, 7) is 5.83. The molecule has 1 rings (SSSR count). The quantitative estimate of drug-likeness (QED) is 0.756. The van der Waals surface area contributed by atoms with Crippen LogP contribution in [0.4, 0.5) is 5.69 Å². The van der Waals surface area contributed by atoms with E-state index in [1.165, 1.54) is 6.07 Å². The second kappa shape index (κ2) is 6.33. The lowest BCUT2D eigenvalue weighted by Crippen LogP contribution is -2.33. The molecule has 0 aliphatic rings. The Hall–Kier alpha value is -1.88. The van der Waals surface area contributed by atoms with Gasteiger partial charge in [0.15, 0.2) is 0 Å². The van der Waals surface area contributed by atoms with Gasteiger partial charge < -0.3 is 16.2 Å². The topological polar surface area (TPSA) is 92.4 Å². The summed E-state index contributed by atoms with van der Waals surface area (Å²) in [5.74, 6) is -1.34. The summed E-state index contributed by atoms with van der Waals surface area (Å²) in [6.07, 6.45) is 0. The summed E-state index contributed by atoms with van der Waals surface area (Å²) in [5.41, 5.74) is 6.90. The van der Waals surface area contributed by atoms with E-state index in [0.717, 1.165) is 0 Å². The summed E-state index contributed by atoms with van der Waals surface area (Å²) >= 11 is 0. The SMILES string of the molecule is Cc1ccc(NC(=O)C(CN)C(C)C)cc1C(=O)O. The Bertz CT molecular complexity index is 484. The molecule has 0 radical (unpaired) electrons. The molecule has 0 spiro atoms. The highest BCUT2D eigenvalue weighted by Gasteiger charge is 2.20. The number of aromatic carboxylic acids is 1. The van der Waals surface area contributed by atoms with Gasteiger partial charge in [-0.3, -0.25) is 4.79 Å². The number of hydrogen-bond donors (Lipinski definition) is 3. The van der Waals surface area contributed by atoms with Crippen molar-refractivity contribution >= 4 is 17.6 Å². The number of aryl methyl sites for hydroxylation is 1. The normalized spacial score (nSPS) is 12.3. The number of carbonyl (C=O) groups is 2. The molecule has 19 heavy (non-hydrogen) atoms. The van der Waals surface area contributed by atoms with E-state index in [2.05, 4.69) is 5.32 Å². The Labute approximate surface area is 112 Å². The fourth-order valence-corrected chi connectivity index (χ4v) is 1.85. The van der Waals surface area contributed by atoms with E-state index in [-0.39, 0.29) is 29.9 Å². The Morgan fingerprint density at radius 1 is 1.37 bits per heavy atom. The van der Waals surface area contributed by atoms with Gasteiger partial charge in [-0.2, -0.15) is 0 Å². The van der Waals surface area contributed by atoms with Crippen LogP contribution in [0.3, 0.4) is 0 Å². The molecular weight excluding hydrogens is 244 g/mol. The molecule has 1 unspecified atom stereocenters. The molecule has 0 aliphatic carbocycles. The van der Waals surface area contributed by atoms with Crippen molar-refractivity contribution in [2.75, 3.05) is 11.9 Å². The lowest BCUT2D eigenvalue weighted by atomic mass is 9.95. The van der Waals surface area contributed by atoms with Crippen molar-refractivity contribution in [2.45, 2.75) is 20.8 Å². The highest BCUT2D eigenvalue weighted by Crippen LogP contribution is 2.18. The van der Waals surface area contributed by atoms with Gasteiger partial charge in [-0.05, 0) is 30.5 Å². The lowest BCUT2D eigenvalue weighted by molar-refractivity contribution is -0.120. The minimum Gasteiger partial charge on any atom is -0.478 e. The summed E-state index contributed by atoms with van der Waals surface area (Å²) in [4.78, 5) is 23.0. The molecule has 0 bridgehead atoms. The summed E-state index contributed by atoms with van der Waals surface area (Å²) < 4.78 is 0. The van der Waals surface area contributed by atoms with Gasteiger partial charge >= 0.3 is 5.97 Å². The van der Waals surface area contributed by atoms with Crippen molar-refractivity contribution in [1.82, 2.24) is 0 Å². The van der Waals surface area contributed by atoms with E-state index in [9.17, 15) is 9.59 Å². The van der Waals surface area contributed by atoms with Crippen molar-refractivity contribution in [3.05, 3.63) is 29.3 Å². The van der Waals surface area contributed by atoms with Crippen molar-refractivity contribution in [2.24, 2.45) is 17.6 Å². The molecule has 0 saturated carbocycles. The Morgan fingerprint density at radius 3 is 2.47 bits per heavy atom. The second-order valence-electron chi connectivity index (χ2n) is 4.91. The summed E-state index contributed by atoms with van der Waals surface area (Å²) in [6, 6.07) is 4.82. The molecule has 1 aromatic rings. The molecule has 0 heterocycles. The average molecular weight is 264 g/mol. The van der Waals surface area contributed by atoms with Crippen molar-refractivity contribution in [3.8, 4) is 0 Å². The fraction of sp³-hybridized carbons (Fsp3) is 0.429. The van der Waals surface area contributed by atoms with Gasteiger partial charge in [0.1, 0.15) is 0 Å². The van der Waals surface area contributed by atoms with Crippen LogP contribution in [-0.4, -0.2) is 23.5 Å². The maximum absolute atomic E-state index is 12.0. The zero-order valence-electron chi connectivity index (χ0n) is 11.4. The monoisotopic (exact) mass is 264 g/mol. The van der Waals surface area contributed by atoms with Gasteiger partial charge in [0, 0.05) is 12.2 Å². The zero-order chi connectivity index (χ0) is 14.6. The number of hydrogen-bond acceptors (Lipinski definition) is 3. The van der Waals surface area contributed by atoms with Gasteiger partial charge in [0.2, 0.25) is 5.91 Å². The number of benzene rings is 1. The van der Waals surface area contributed by atoms with Gasteiger partial charge in [-0.1, -0.05) is 19.9 Å². The van der Waals surface area contributed by atoms with Gasteiger partial charge in [0.05, 0.1) is 11.5 Å². The zero-order valence-corrected chi connectivity index (χ0v) is 11.4. The van der Waals surface area contributed by atoms with E-state index in [4.69, 9.17) is 10.8 Å². The van der Waals surface area contributed by atoms with Crippen LogP contribution >= 0.6 is 0 Å². The van der Waals surface area contributed by atoms with Crippen molar-refractivity contribution in [1.29, 1.82) is 0 Å². The Morgan fingerprint density at radius 2 is 2.00 bits per heavy atom. The standard InChI is InChI=1S/C14H20N2O3/c1-8(2)12(7-15)13(17)16-10-5-4-9(3)11(6-10)14(18)19/h4-6,8,12H,7,15H2,1-3H3,(H,16,17)(H,18,19). The van der Waals surface area contributed by atoms with Gasteiger partial charge in [0.25, 0.3) is 0 Å². The molecule has 1 aromatic carbocycles. The summed E-state index contributed by atoms with van der Waals surface area (Å²) in [7, 11) is 0. The summed E-state index contributed by atoms with van der Waals surface area (Å²) in [5, 5.41) is 11.7. The highest BCUT2D eigenvalue weighted by atomic mass is 16.4. The highest BCUT2D eigenvalue weighted by molar-refractivity contribution is 5.95. The number of amides is 1. The first-order valence-corrected chi connectivity index (χ1v) is 6.21. The van der Waals surface area contributed by atoms with Crippen LogP contribution in [0.25, 0.3) is 0 Å². The molecular formula is C14H20N2O3. The van der Waals surface area contributed by atoms with Crippen molar-refractivity contribution in [3.63, 3.8) is 0 Å². The largest absolute Gasteiger partial charge is 0.478 e. The predicted molar refractivity (Wildman–Crippen MR) is 74.2 cm³/mol. The Balaban J connectivity index is 2.91. The van der Waals surface area contributed by atoms with E-state index >= 15 is 0 Å². The number of nitrogens with one attached hydrogen (secondary N) is 1. The van der Waals surface area contributed by atoms with E-state index < -0.39 is 5.97 Å². The third kappa shape index (κ3) is 3.79. The molecule has 0 saturated heterocycles. The van der Waals surface area contributed by atoms with E-state index in [1.54, 1.807) is 19.1 Å². The first-order valence-electron chi connectivity index (χ1n) is 6.21. The molecule has 5 heteroatoms. The number of carboxylic acid groups (broad SMARTS) is 1. The third-order valence-corrected chi connectivity index (χ3v) is 3.13. The molecule has 1 atom stereocenters. The molecule has 4 N–H and O–H groups in total. The minimum atomic E-state index is -1.01. The lowest BCUT2D eigenvalue weighted by Gasteiger charge is -2.18. The van der Waals surface area contributed by atoms with Crippen LogP contribution < -0.4 is 11.1 Å². The van der Waals surface area contributed by atoms with Crippen molar-refractivity contribution < 1.29 is 14.7 Å². The molecule has 5 nitrogen and oxygen atoms in total. The van der Waals surface area contributed by atoms with E-state index in [0.29, 0.717) is 11.3 Å². The second-order valence-corrected chi connectivity index (χ2v) is 4.91. The third-order valence-electron chi connectivity index (χ3n) is 3.13. The van der Waals surface area contributed by atoms with Crippen LogP contribution in [-0.2, 0) is 4.79 Å². The fourth-order valence-electron chi connectivity index (χ4n) is 1.85. The molecule has 0 aromatic heterocycles. The number of carboxylic acids is 1. The number of nitrogens with two attached hydrogens (primary N) is 1. The van der Waals surface area contributed by atoms with Crippen LogP contribution in [0.15, 0.2) is 18.2 Å². The number of anilines is 1. The maximum Gasteiger partial charge on any atom is 0.336 e. The Kier molecular flexibility index (Phi) is 5.06. The van der Waals surface area contributed by atoms with Gasteiger partial charge in [-0.25, -0.2) is 4.79 Å². The molecule has 0 fully saturated rings. The molecule has 1 amide bonds.